The van der Waals surface area contributed by atoms with Crippen molar-refractivity contribution in [2.24, 2.45) is 0 Å². The Labute approximate surface area is 449 Å². The molecule has 0 atom stereocenters. The molecule has 406 valence electrons. The third-order valence-corrected chi connectivity index (χ3v) is 11.0. The molecule has 5 aromatic heterocycles. The number of fused-ring (bicyclic) bond motifs is 5. The van der Waals surface area contributed by atoms with E-state index in [-0.39, 0.29) is 42.6 Å². The first-order valence-electron chi connectivity index (χ1n) is 21.8. The molecular formula is C59H75ClF3N6O7+5. The molecule has 0 aliphatic rings. The van der Waals surface area contributed by atoms with E-state index in [1.54, 1.807) is 67.8 Å². The summed E-state index contributed by atoms with van der Waals surface area (Å²) in [5.74, 6) is 5.99. The van der Waals surface area contributed by atoms with Crippen LogP contribution in [-0.2, 0) is 6.18 Å². The highest BCUT2D eigenvalue weighted by Gasteiger charge is 2.36. The van der Waals surface area contributed by atoms with Gasteiger partial charge < -0.3 is 33.2 Å². The van der Waals surface area contributed by atoms with Crippen LogP contribution in [0.2, 0.25) is 5.02 Å². The number of nitrogen functional groups attached to an aromatic ring is 1. The van der Waals surface area contributed by atoms with Gasteiger partial charge in [0.2, 0.25) is 22.1 Å². The lowest BCUT2D eigenvalue weighted by atomic mass is 10.1. The lowest BCUT2D eigenvalue weighted by molar-refractivity contribution is -0.357. The van der Waals surface area contributed by atoms with E-state index in [1.165, 1.54) is 13.2 Å². The smallest absolute Gasteiger partial charge is 0.422 e. The molecule has 0 fully saturated rings. The predicted molar refractivity (Wildman–Crippen MR) is 301 cm³/mol. The van der Waals surface area contributed by atoms with Crippen LogP contribution in [0.3, 0.4) is 0 Å². The van der Waals surface area contributed by atoms with Crippen LogP contribution in [0.25, 0.3) is 54.5 Å². The molecule has 13 nitrogen and oxygen atoms in total. The molecule has 0 aliphatic carbocycles. The van der Waals surface area contributed by atoms with Crippen molar-refractivity contribution in [3.8, 4) is 40.2 Å². The van der Waals surface area contributed by atoms with Crippen LogP contribution in [0.15, 0.2) is 146 Å². The molecule has 0 spiro atoms. The van der Waals surface area contributed by atoms with Crippen molar-refractivity contribution in [3.63, 3.8) is 0 Å². The molecule has 0 amide bonds. The largest absolute Gasteiger partial charge is 0.497 e. The van der Waals surface area contributed by atoms with Crippen LogP contribution in [0, 0.1) is 6.92 Å². The summed E-state index contributed by atoms with van der Waals surface area (Å²) in [7, 11) is 11.4. The third-order valence-electron chi connectivity index (χ3n) is 10.8. The molecule has 76 heavy (non-hydrogen) atoms. The van der Waals surface area contributed by atoms with Gasteiger partial charge in [-0.15, -0.1) is 0 Å². The number of halogens is 4. The molecule has 10 aromatic rings. The van der Waals surface area contributed by atoms with Gasteiger partial charge in [-0.3, -0.25) is 5.73 Å². The fourth-order valence-corrected chi connectivity index (χ4v) is 7.61. The number of pyridine rings is 5. The number of alkyl halides is 3. The van der Waals surface area contributed by atoms with E-state index < -0.39 is 11.7 Å². The van der Waals surface area contributed by atoms with E-state index >= 15 is 0 Å². The number of rotatable bonds is 7. The lowest BCUT2D eigenvalue weighted by Crippen LogP contribution is -2.16. The average Bonchev–Trinajstić information content (AvgIpc) is 3.39. The summed E-state index contributed by atoms with van der Waals surface area (Å²) in [6.45, 7) is 1.69. The standard InChI is InChI=1S/C12H10F3NO.C11H12N2O2.C11H11NO2.C10H8ClNO.C10H9NO.5CH4/c1-7-6-10(17-2)8-4-3-5-9(11(8)16-7)12(13,14)15;1-14-7-3-4-8-9(5-7)13-11(12)6-10(8)15-2;1-13-8-3-4-9-10(7-8)12-6-5-11(9)14-2;1-13-10-4-5-12-9-6-7(11)2-3-8(9)10;1-12-10-6-7-11-9-5-3-2-4-8(9)10;;;;;/h3-6H,1-2H3;3-6H,1-2H3,(H2,12,13);3-7H,1-2H3;2-6H,1H3;2-7H,1H3;5*1H4/p+5. The van der Waals surface area contributed by atoms with Crippen molar-refractivity contribution in [1.82, 2.24) is 0 Å². The van der Waals surface area contributed by atoms with Crippen molar-refractivity contribution in [1.29, 1.82) is 0 Å². The van der Waals surface area contributed by atoms with Crippen LogP contribution in [0.5, 0.6) is 40.2 Å². The van der Waals surface area contributed by atoms with E-state index in [4.69, 9.17) is 50.5 Å². The van der Waals surface area contributed by atoms with Crippen LogP contribution in [0.1, 0.15) is 48.4 Å². The minimum Gasteiger partial charge on any atom is -0.497 e. The summed E-state index contributed by atoms with van der Waals surface area (Å²) >= 11 is 5.85. The normalized spacial score (nSPS) is 9.89. The minimum atomic E-state index is -4.38. The molecule has 10 rings (SSSR count). The maximum atomic E-state index is 12.8. The third kappa shape index (κ3) is 16.3. The number of H-pyrrole nitrogens is 5. The number of nitrogens with one attached hydrogen (secondary N) is 5. The molecule has 17 heteroatoms. The van der Waals surface area contributed by atoms with E-state index in [1.807, 2.05) is 116 Å². The Bertz CT molecular complexity index is 3400. The van der Waals surface area contributed by atoms with Gasteiger partial charge in [0.1, 0.15) is 51.3 Å². The number of methoxy groups -OCH3 is 7. The Hall–Kier alpha value is -8.37. The molecule has 0 saturated heterocycles. The summed E-state index contributed by atoms with van der Waals surface area (Å²) in [5.41, 5.74) is 9.67. The Morgan fingerprint density at radius 3 is 1.37 bits per heavy atom. The van der Waals surface area contributed by atoms with Gasteiger partial charge in [0.25, 0.3) is 5.82 Å². The summed E-state index contributed by atoms with van der Waals surface area (Å²) in [6, 6.07) is 38.4. The molecule has 0 bridgehead atoms. The molecule has 0 unspecified atom stereocenters. The highest BCUT2D eigenvalue weighted by molar-refractivity contribution is 6.31. The molecule has 0 saturated carbocycles. The van der Waals surface area contributed by atoms with Crippen molar-refractivity contribution in [2.75, 3.05) is 55.5 Å². The average molecular weight is 1070 g/mol. The van der Waals surface area contributed by atoms with Crippen molar-refractivity contribution in [3.05, 3.63) is 162 Å². The number of anilines is 1. The molecule has 5 aromatic carbocycles. The second kappa shape index (κ2) is 30.7. The number of aromatic amines is 5. The summed E-state index contributed by atoms with van der Waals surface area (Å²) < 4.78 is 74.7. The number of benzene rings is 5. The Morgan fingerprint density at radius 2 is 0.855 bits per heavy atom. The zero-order valence-electron chi connectivity index (χ0n) is 40.3. The Balaban J connectivity index is 0.000000469. The van der Waals surface area contributed by atoms with Crippen LogP contribution < -0.4 is 63.8 Å². The second-order valence-electron chi connectivity index (χ2n) is 15.2. The molecule has 7 N–H and O–H groups in total. The van der Waals surface area contributed by atoms with Crippen molar-refractivity contribution in [2.45, 2.75) is 50.2 Å². The minimum absolute atomic E-state index is 0. The van der Waals surface area contributed by atoms with Crippen LogP contribution in [0.4, 0.5) is 19.0 Å². The summed E-state index contributed by atoms with van der Waals surface area (Å²) in [6.07, 6.45) is 1.17. The fraction of sp³-hybridized carbons (Fsp3) is 0.237. The van der Waals surface area contributed by atoms with Gasteiger partial charge in [-0.2, -0.15) is 13.2 Å². The zero-order chi connectivity index (χ0) is 51.1. The van der Waals surface area contributed by atoms with E-state index in [2.05, 4.69) is 24.9 Å². The van der Waals surface area contributed by atoms with Crippen molar-refractivity contribution < 1.29 is 71.2 Å². The monoisotopic (exact) mass is 1070 g/mol. The van der Waals surface area contributed by atoms with Gasteiger partial charge >= 0.3 is 6.18 Å². The molecule has 0 radical (unpaired) electrons. The second-order valence-corrected chi connectivity index (χ2v) is 15.7. The van der Waals surface area contributed by atoms with Crippen LogP contribution in [-0.4, -0.2) is 49.8 Å². The molecule has 0 aliphatic heterocycles. The highest BCUT2D eigenvalue weighted by atomic mass is 35.5. The number of para-hydroxylation sites is 2. The quantitative estimate of drug-likeness (QED) is 0.165. The topological polar surface area (TPSA) is 161 Å². The van der Waals surface area contributed by atoms with E-state index in [9.17, 15) is 13.2 Å². The van der Waals surface area contributed by atoms with E-state index in [0.29, 0.717) is 22.6 Å². The molecular weight excluding hydrogens is 997 g/mol. The van der Waals surface area contributed by atoms with Gasteiger partial charge in [-0.05, 0) is 54.6 Å². The Morgan fingerprint density at radius 1 is 0.421 bits per heavy atom. The predicted octanol–water partition coefficient (Wildman–Crippen LogP) is 13.1. The van der Waals surface area contributed by atoms with Gasteiger partial charge in [-0.1, -0.05) is 66.9 Å². The van der Waals surface area contributed by atoms with Gasteiger partial charge in [0, 0.05) is 54.4 Å². The van der Waals surface area contributed by atoms with Gasteiger partial charge in [0.15, 0.2) is 24.3 Å². The highest BCUT2D eigenvalue weighted by Crippen LogP contribution is 2.36. The number of hydrogen-bond acceptors (Lipinski definition) is 8. The number of aryl methyl sites for hydroxylation is 1. The number of nitrogens with two attached hydrogens (primary N) is 1. The lowest BCUT2D eigenvalue weighted by Gasteiger charge is -2.08. The fourth-order valence-electron chi connectivity index (χ4n) is 7.44. The number of aromatic nitrogens is 5. The van der Waals surface area contributed by atoms with Gasteiger partial charge in [0.05, 0.1) is 88.8 Å². The zero-order valence-corrected chi connectivity index (χ0v) is 41.1. The first kappa shape index (κ1) is 65.6. The van der Waals surface area contributed by atoms with Crippen molar-refractivity contribution >= 4 is 71.9 Å². The number of hydrogen-bond donors (Lipinski definition) is 1. The summed E-state index contributed by atoms with van der Waals surface area (Å²) in [4.78, 5) is 15.2. The Kier molecular flexibility index (Phi) is 26.5. The first-order valence-corrected chi connectivity index (χ1v) is 22.1. The maximum absolute atomic E-state index is 12.8. The van der Waals surface area contributed by atoms with Gasteiger partial charge in [-0.25, -0.2) is 24.9 Å². The van der Waals surface area contributed by atoms with E-state index in [0.717, 1.165) is 89.2 Å². The SMILES string of the molecule is C.C.C.C.C.COc1cc(C)[nH+]c2c(C(F)(F)F)cccc12.COc1cc[nH+]c2cc(Cl)ccc12.COc1cc[nH+]c2ccccc12.COc1ccc2c(OC)cc(N)[nH+]c2c1.COc1ccc2c(OC)cc[nH+]c2c1. The molecule has 5 heterocycles. The summed E-state index contributed by atoms with van der Waals surface area (Å²) in [5, 5.41) is 5.32. The number of ether oxygens (including phenoxy) is 7. The first-order chi connectivity index (χ1) is 34.2. The maximum Gasteiger partial charge on any atom is 0.422 e. The van der Waals surface area contributed by atoms with Crippen LogP contribution >= 0.6 is 11.6 Å².